The monoisotopic (exact) mass is 467 g/mol. The van der Waals surface area contributed by atoms with Gasteiger partial charge in [0, 0.05) is 31.8 Å². The number of hydrogen-bond donors (Lipinski definition) is 2. The number of nitrogens with zero attached hydrogens (tertiary/aromatic N) is 3. The van der Waals surface area contributed by atoms with Crippen LogP contribution in [0.4, 0.5) is 10.1 Å². The molecule has 1 amide bonds. The molecule has 4 rings (SSSR count). The molecule has 33 heavy (non-hydrogen) atoms. The zero-order valence-electron chi connectivity index (χ0n) is 18.0. The van der Waals surface area contributed by atoms with Crippen molar-refractivity contribution in [3.05, 3.63) is 72.2 Å². The average Bonchev–Trinajstić information content (AvgIpc) is 3.14. The highest BCUT2D eigenvalue weighted by atomic mass is 32.2. The molecule has 0 aliphatic carbocycles. The fourth-order valence-electron chi connectivity index (χ4n) is 3.50. The van der Waals surface area contributed by atoms with Crippen LogP contribution in [-0.2, 0) is 21.4 Å². The molecule has 0 saturated heterocycles. The first-order valence-electron chi connectivity index (χ1n) is 10.2. The number of aryl methyl sites for hydroxylation is 1. The van der Waals surface area contributed by atoms with E-state index in [0.29, 0.717) is 22.6 Å². The molecule has 0 aliphatic heterocycles. The third kappa shape index (κ3) is 4.91. The Labute approximate surface area is 190 Å². The van der Waals surface area contributed by atoms with Crippen molar-refractivity contribution in [3.8, 4) is 11.4 Å². The molecule has 170 valence electrons. The highest BCUT2D eigenvalue weighted by molar-refractivity contribution is 7.89. The van der Waals surface area contributed by atoms with Gasteiger partial charge >= 0.3 is 0 Å². The van der Waals surface area contributed by atoms with Gasteiger partial charge in [0.05, 0.1) is 5.69 Å². The molecule has 0 spiro atoms. The van der Waals surface area contributed by atoms with Crippen molar-refractivity contribution in [2.24, 2.45) is 0 Å². The summed E-state index contributed by atoms with van der Waals surface area (Å²) >= 11 is 0. The predicted molar refractivity (Wildman–Crippen MR) is 124 cm³/mol. The van der Waals surface area contributed by atoms with E-state index in [0.717, 1.165) is 5.56 Å². The molecule has 2 aromatic heterocycles. The predicted octanol–water partition coefficient (Wildman–Crippen LogP) is 3.48. The van der Waals surface area contributed by atoms with Crippen molar-refractivity contribution in [1.29, 1.82) is 0 Å². The first-order chi connectivity index (χ1) is 15.7. The van der Waals surface area contributed by atoms with E-state index in [1.807, 2.05) is 6.07 Å². The zero-order chi connectivity index (χ0) is 23.6. The Morgan fingerprint density at radius 3 is 2.61 bits per heavy atom. The molecule has 0 radical (unpaired) electrons. The van der Waals surface area contributed by atoms with Crippen molar-refractivity contribution < 1.29 is 17.6 Å². The van der Waals surface area contributed by atoms with Crippen LogP contribution >= 0.6 is 0 Å². The number of carbonyl (C=O) groups is 1. The molecule has 10 heteroatoms. The van der Waals surface area contributed by atoms with E-state index in [1.54, 1.807) is 48.0 Å². The van der Waals surface area contributed by atoms with Crippen molar-refractivity contribution in [3.63, 3.8) is 0 Å². The van der Waals surface area contributed by atoms with Gasteiger partial charge in [0.2, 0.25) is 15.9 Å². The van der Waals surface area contributed by atoms with Gasteiger partial charge in [0.1, 0.15) is 22.1 Å². The fourth-order valence-corrected chi connectivity index (χ4v) is 4.77. The van der Waals surface area contributed by atoms with Gasteiger partial charge in [-0.25, -0.2) is 27.5 Å². The van der Waals surface area contributed by atoms with Gasteiger partial charge in [-0.15, -0.1) is 0 Å². The van der Waals surface area contributed by atoms with Crippen molar-refractivity contribution in [2.75, 3.05) is 11.9 Å². The van der Waals surface area contributed by atoms with Crippen molar-refractivity contribution >= 4 is 32.8 Å². The molecular weight excluding hydrogens is 445 g/mol. The summed E-state index contributed by atoms with van der Waals surface area (Å²) in [5.41, 5.74) is 2.87. The molecule has 0 fully saturated rings. The molecular formula is C23H22FN5O3S. The maximum absolute atomic E-state index is 13.4. The van der Waals surface area contributed by atoms with Gasteiger partial charge in [0.25, 0.3) is 0 Å². The molecule has 0 unspecified atom stereocenters. The van der Waals surface area contributed by atoms with Crippen LogP contribution in [-0.4, -0.2) is 35.4 Å². The number of halogens is 1. The highest BCUT2D eigenvalue weighted by Crippen LogP contribution is 2.25. The standard InChI is InChI=1S/C23H22FN5O3S/c1-15-5-10-19(27-16(2)30)21(14-15)33(31,32)26-12-13-29-22(17-6-8-18(24)9-7-17)28-20-4-3-11-25-23(20)29/h3-11,14,26H,12-13H2,1-2H3,(H,27,30). The normalized spacial score (nSPS) is 11.6. The number of aromatic nitrogens is 3. The SMILES string of the molecule is CC(=O)Nc1ccc(C)cc1S(=O)(=O)NCCn1c(-c2ccc(F)cc2)nc2cccnc21. The van der Waals surface area contributed by atoms with Crippen molar-refractivity contribution in [2.45, 2.75) is 25.3 Å². The summed E-state index contributed by atoms with van der Waals surface area (Å²) in [5, 5.41) is 2.56. The number of nitrogens with one attached hydrogen (secondary N) is 2. The summed E-state index contributed by atoms with van der Waals surface area (Å²) in [6.07, 6.45) is 1.63. The summed E-state index contributed by atoms with van der Waals surface area (Å²) < 4.78 is 43.8. The van der Waals surface area contributed by atoms with Gasteiger partial charge in [-0.1, -0.05) is 6.07 Å². The molecule has 0 bridgehead atoms. The van der Waals surface area contributed by atoms with Crippen LogP contribution in [0.5, 0.6) is 0 Å². The van der Waals surface area contributed by atoms with Crippen LogP contribution in [0.15, 0.2) is 65.7 Å². The quantitative estimate of drug-likeness (QED) is 0.433. The second-order valence-corrected chi connectivity index (χ2v) is 9.25. The molecule has 8 nitrogen and oxygen atoms in total. The lowest BCUT2D eigenvalue weighted by Crippen LogP contribution is -2.28. The van der Waals surface area contributed by atoms with E-state index in [4.69, 9.17) is 0 Å². The van der Waals surface area contributed by atoms with Crippen LogP contribution in [0, 0.1) is 12.7 Å². The number of amides is 1. The summed E-state index contributed by atoms with van der Waals surface area (Å²) in [6.45, 7) is 3.37. The van der Waals surface area contributed by atoms with Crippen LogP contribution in [0.25, 0.3) is 22.6 Å². The van der Waals surface area contributed by atoms with E-state index in [9.17, 15) is 17.6 Å². The topological polar surface area (TPSA) is 106 Å². The van der Waals surface area contributed by atoms with Crippen LogP contribution in [0.2, 0.25) is 0 Å². The van der Waals surface area contributed by atoms with Gasteiger partial charge in [0.15, 0.2) is 5.65 Å². The summed E-state index contributed by atoms with van der Waals surface area (Å²) in [6, 6.07) is 14.3. The third-order valence-electron chi connectivity index (χ3n) is 4.97. The minimum absolute atomic E-state index is 0.00919. The summed E-state index contributed by atoms with van der Waals surface area (Å²) in [7, 11) is -3.92. The lowest BCUT2D eigenvalue weighted by molar-refractivity contribution is -0.114. The molecule has 0 aliphatic rings. The first-order valence-corrected chi connectivity index (χ1v) is 11.7. The Morgan fingerprint density at radius 1 is 1.12 bits per heavy atom. The maximum atomic E-state index is 13.4. The number of carbonyl (C=O) groups excluding carboxylic acids is 1. The van der Waals surface area contributed by atoms with Gasteiger partial charge in [-0.3, -0.25) is 4.79 Å². The smallest absolute Gasteiger partial charge is 0.242 e. The molecule has 2 N–H and O–H groups in total. The minimum Gasteiger partial charge on any atom is -0.325 e. The minimum atomic E-state index is -3.92. The third-order valence-corrected chi connectivity index (χ3v) is 6.47. The largest absolute Gasteiger partial charge is 0.325 e. The van der Waals surface area contributed by atoms with Gasteiger partial charge in [-0.2, -0.15) is 0 Å². The van der Waals surface area contributed by atoms with E-state index in [-0.39, 0.29) is 35.4 Å². The highest BCUT2D eigenvalue weighted by Gasteiger charge is 2.20. The number of hydrogen-bond acceptors (Lipinski definition) is 5. The van der Waals surface area contributed by atoms with E-state index >= 15 is 0 Å². The molecule has 4 aromatic rings. The molecule has 0 saturated carbocycles. The van der Waals surface area contributed by atoms with Crippen LogP contribution < -0.4 is 10.0 Å². The lowest BCUT2D eigenvalue weighted by atomic mass is 10.2. The van der Waals surface area contributed by atoms with Gasteiger partial charge < -0.3 is 9.88 Å². The number of fused-ring (bicyclic) bond motifs is 1. The molecule has 2 heterocycles. The number of pyridine rings is 1. The Hall–Kier alpha value is -3.63. The molecule has 2 aromatic carbocycles. The fraction of sp³-hybridized carbons (Fsp3) is 0.174. The van der Waals surface area contributed by atoms with Crippen LogP contribution in [0.1, 0.15) is 12.5 Å². The lowest BCUT2D eigenvalue weighted by Gasteiger charge is -2.14. The van der Waals surface area contributed by atoms with Gasteiger partial charge in [-0.05, 0) is 61.0 Å². The van der Waals surface area contributed by atoms with E-state index < -0.39 is 10.0 Å². The number of benzene rings is 2. The summed E-state index contributed by atoms with van der Waals surface area (Å²) in [4.78, 5) is 20.5. The Bertz CT molecular complexity index is 1430. The van der Waals surface area contributed by atoms with Crippen LogP contribution in [0.3, 0.4) is 0 Å². The molecule has 0 atom stereocenters. The average molecular weight is 468 g/mol. The second-order valence-electron chi connectivity index (χ2n) is 7.52. The van der Waals surface area contributed by atoms with Crippen molar-refractivity contribution in [1.82, 2.24) is 19.3 Å². The number of imidazole rings is 1. The summed E-state index contributed by atoms with van der Waals surface area (Å²) in [5.74, 6) is -0.173. The Kier molecular flexibility index (Phi) is 6.21. The Balaban J connectivity index is 1.62. The number of rotatable bonds is 7. The first kappa shape index (κ1) is 22.6. The second kappa shape index (κ2) is 9.08. The Morgan fingerprint density at radius 2 is 1.88 bits per heavy atom. The number of sulfonamides is 1. The van der Waals surface area contributed by atoms with E-state index in [2.05, 4.69) is 20.0 Å². The zero-order valence-corrected chi connectivity index (χ0v) is 18.9. The van der Waals surface area contributed by atoms with E-state index in [1.165, 1.54) is 25.1 Å². The number of anilines is 1. The maximum Gasteiger partial charge on any atom is 0.242 e.